The average Bonchev–Trinajstić information content (AvgIpc) is 3.52. The van der Waals surface area contributed by atoms with Crippen molar-refractivity contribution in [2.24, 2.45) is 11.8 Å². The fourth-order valence-corrected chi connectivity index (χ4v) is 6.68. The first-order valence-electron chi connectivity index (χ1n) is 14.6. The zero-order valence-corrected chi connectivity index (χ0v) is 23.9. The van der Waals surface area contributed by atoms with Crippen LogP contribution in [-0.4, -0.2) is 109 Å². The van der Waals surface area contributed by atoms with Gasteiger partial charge in [0.25, 0.3) is 5.91 Å². The predicted octanol–water partition coefficient (Wildman–Crippen LogP) is 2.75. The number of carbonyl (C=O) groups excluding carboxylic acids is 4. The molecule has 0 bridgehead atoms. The number of imide groups is 1. The van der Waals surface area contributed by atoms with Crippen LogP contribution in [0.1, 0.15) is 61.4 Å². The van der Waals surface area contributed by atoms with Gasteiger partial charge in [-0.15, -0.1) is 0 Å². The first-order valence-corrected chi connectivity index (χ1v) is 14.6. The molecule has 3 saturated heterocycles. The molecule has 10 nitrogen and oxygen atoms in total. The molecule has 40 heavy (non-hydrogen) atoms. The fourth-order valence-electron chi connectivity index (χ4n) is 6.68. The summed E-state index contributed by atoms with van der Waals surface area (Å²) in [5.74, 6) is -0.226. The largest absolute Gasteiger partial charge is 0.379 e. The van der Waals surface area contributed by atoms with Crippen molar-refractivity contribution in [1.29, 1.82) is 0 Å². The van der Waals surface area contributed by atoms with E-state index in [2.05, 4.69) is 6.92 Å². The lowest BCUT2D eigenvalue weighted by Crippen LogP contribution is -2.66. The minimum atomic E-state index is -0.487. The highest BCUT2D eigenvalue weighted by Crippen LogP contribution is 2.37. The van der Waals surface area contributed by atoms with Gasteiger partial charge in [-0.2, -0.15) is 0 Å². The Morgan fingerprint density at radius 3 is 2.12 bits per heavy atom. The van der Waals surface area contributed by atoms with Gasteiger partial charge >= 0.3 is 6.03 Å². The van der Waals surface area contributed by atoms with Crippen LogP contribution in [0.3, 0.4) is 0 Å². The van der Waals surface area contributed by atoms with Gasteiger partial charge in [0.15, 0.2) is 0 Å². The number of amides is 5. The summed E-state index contributed by atoms with van der Waals surface area (Å²) in [4.78, 5) is 60.3. The molecule has 1 aromatic rings. The minimum absolute atomic E-state index is 0.00863. The number of rotatable bonds is 7. The van der Waals surface area contributed by atoms with Crippen molar-refractivity contribution in [2.75, 3.05) is 46.9 Å². The molecule has 4 fully saturated rings. The van der Waals surface area contributed by atoms with Crippen molar-refractivity contribution in [1.82, 2.24) is 19.6 Å². The molecule has 5 amide bonds. The number of hydrogen-bond acceptors (Lipinski definition) is 6. The van der Waals surface area contributed by atoms with E-state index in [1.165, 1.54) is 4.90 Å². The number of ether oxygens (including phenoxy) is 2. The van der Waals surface area contributed by atoms with Gasteiger partial charge < -0.3 is 24.2 Å². The van der Waals surface area contributed by atoms with Crippen LogP contribution in [0.15, 0.2) is 24.3 Å². The van der Waals surface area contributed by atoms with Crippen molar-refractivity contribution in [3.05, 3.63) is 35.4 Å². The second-order valence-corrected chi connectivity index (χ2v) is 11.8. The molecule has 218 valence electrons. The molecule has 0 N–H and O–H groups in total. The quantitative estimate of drug-likeness (QED) is 0.514. The van der Waals surface area contributed by atoms with Gasteiger partial charge in [0, 0.05) is 52.0 Å². The number of piperidine rings is 1. The average molecular weight is 555 g/mol. The van der Waals surface area contributed by atoms with Crippen LogP contribution < -0.4 is 0 Å². The number of carbonyl (C=O) groups is 4. The maximum Gasteiger partial charge on any atom is 0.327 e. The van der Waals surface area contributed by atoms with Crippen molar-refractivity contribution < 1.29 is 28.7 Å². The molecule has 4 atom stereocenters. The molecular formula is C30H42N4O6. The summed E-state index contributed by atoms with van der Waals surface area (Å²) in [7, 11) is 3.22. The second kappa shape index (κ2) is 12.3. The van der Waals surface area contributed by atoms with Gasteiger partial charge in [-0.05, 0) is 62.1 Å². The molecule has 1 aliphatic carbocycles. The number of likely N-dealkylation sites (tertiary alicyclic amines) is 2. The molecule has 3 aliphatic heterocycles. The number of nitrogens with zero attached hydrogens (tertiary/aromatic N) is 4. The third-order valence-corrected chi connectivity index (χ3v) is 9.28. The lowest BCUT2D eigenvalue weighted by Gasteiger charge is -2.50. The van der Waals surface area contributed by atoms with E-state index < -0.39 is 18.0 Å². The van der Waals surface area contributed by atoms with Crippen LogP contribution in [0.5, 0.6) is 0 Å². The summed E-state index contributed by atoms with van der Waals surface area (Å²) >= 11 is 0. The fraction of sp³-hybridized carbons (Fsp3) is 0.667. The molecule has 0 aromatic heterocycles. The summed E-state index contributed by atoms with van der Waals surface area (Å²) in [6.45, 7) is 5.14. The van der Waals surface area contributed by atoms with E-state index in [-0.39, 0.29) is 43.0 Å². The lowest BCUT2D eigenvalue weighted by atomic mass is 9.78. The van der Waals surface area contributed by atoms with Gasteiger partial charge in [0.05, 0.1) is 24.7 Å². The highest BCUT2D eigenvalue weighted by Gasteiger charge is 2.52. The Labute approximate surface area is 236 Å². The third kappa shape index (κ3) is 5.74. The van der Waals surface area contributed by atoms with E-state index in [0.717, 1.165) is 44.3 Å². The van der Waals surface area contributed by atoms with Crippen molar-refractivity contribution in [2.45, 2.75) is 70.2 Å². The van der Waals surface area contributed by atoms with Crippen molar-refractivity contribution >= 4 is 23.8 Å². The smallest absolute Gasteiger partial charge is 0.327 e. The van der Waals surface area contributed by atoms with Crippen LogP contribution in [0, 0.1) is 11.8 Å². The van der Waals surface area contributed by atoms with Gasteiger partial charge in [-0.25, -0.2) is 4.79 Å². The molecule has 3 heterocycles. The number of urea groups is 1. The monoisotopic (exact) mass is 554 g/mol. The number of hydrogen-bond donors (Lipinski definition) is 0. The third-order valence-electron chi connectivity index (χ3n) is 9.28. The molecule has 1 saturated carbocycles. The molecule has 10 heteroatoms. The van der Waals surface area contributed by atoms with Crippen LogP contribution in [0.2, 0.25) is 0 Å². The van der Waals surface area contributed by atoms with E-state index in [4.69, 9.17) is 9.47 Å². The Morgan fingerprint density at radius 1 is 0.875 bits per heavy atom. The lowest BCUT2D eigenvalue weighted by molar-refractivity contribution is -0.154. The van der Waals surface area contributed by atoms with Gasteiger partial charge in [-0.3, -0.25) is 19.3 Å². The molecule has 4 unspecified atom stereocenters. The number of methoxy groups -OCH3 is 2. The van der Waals surface area contributed by atoms with Crippen LogP contribution in [0.4, 0.5) is 4.79 Å². The summed E-state index contributed by atoms with van der Waals surface area (Å²) in [5, 5.41) is 0. The molecular weight excluding hydrogens is 512 g/mol. The zero-order valence-electron chi connectivity index (χ0n) is 23.9. The van der Waals surface area contributed by atoms with Gasteiger partial charge in [0.1, 0.15) is 6.54 Å². The Bertz CT molecular complexity index is 1100. The molecule has 0 radical (unpaired) electrons. The van der Waals surface area contributed by atoms with Crippen molar-refractivity contribution in [3.63, 3.8) is 0 Å². The van der Waals surface area contributed by atoms with Crippen LogP contribution in [0.25, 0.3) is 0 Å². The SMILES string of the molecule is COC1CC2C(=O)N(Cc3ccc(C(=O)N4CCCC4)cc3)C(=O)N(CC(=O)N3CCC(C)CC3)C2CC1OC. The highest BCUT2D eigenvalue weighted by molar-refractivity contribution is 6.00. The first-order chi connectivity index (χ1) is 19.3. The summed E-state index contributed by atoms with van der Waals surface area (Å²) < 4.78 is 11.3. The van der Waals surface area contributed by atoms with Crippen LogP contribution >= 0.6 is 0 Å². The van der Waals surface area contributed by atoms with Gasteiger partial charge in [-0.1, -0.05) is 19.1 Å². The summed E-state index contributed by atoms with van der Waals surface area (Å²) in [5.41, 5.74) is 1.36. The highest BCUT2D eigenvalue weighted by atomic mass is 16.5. The summed E-state index contributed by atoms with van der Waals surface area (Å²) in [6, 6.07) is 6.26. The maximum atomic E-state index is 13.9. The number of benzene rings is 1. The molecule has 4 aliphatic rings. The molecule has 1 aromatic carbocycles. The Morgan fingerprint density at radius 2 is 1.50 bits per heavy atom. The van der Waals surface area contributed by atoms with Crippen molar-refractivity contribution in [3.8, 4) is 0 Å². The van der Waals surface area contributed by atoms with Crippen LogP contribution in [-0.2, 0) is 25.6 Å². The topological polar surface area (TPSA) is 99.7 Å². The zero-order chi connectivity index (χ0) is 28.4. The summed E-state index contributed by atoms with van der Waals surface area (Å²) in [6.07, 6.45) is 4.25. The maximum absolute atomic E-state index is 13.9. The first kappa shape index (κ1) is 28.5. The molecule has 0 spiro atoms. The Balaban J connectivity index is 1.35. The van der Waals surface area contributed by atoms with Gasteiger partial charge in [0.2, 0.25) is 11.8 Å². The van der Waals surface area contributed by atoms with E-state index in [1.807, 2.05) is 9.80 Å². The number of fused-ring (bicyclic) bond motifs is 1. The van der Waals surface area contributed by atoms with E-state index in [0.29, 0.717) is 37.4 Å². The standard InChI is InChI=1S/C30H42N4O6/c1-20-10-14-31(15-11-20)27(35)19-33-24-17-26(40-3)25(39-2)16-23(24)29(37)34(30(33)38)18-21-6-8-22(9-7-21)28(36)32-12-4-5-13-32/h6-9,20,23-26H,4-5,10-19H2,1-3H3. The van der Waals surface area contributed by atoms with E-state index >= 15 is 0 Å². The predicted molar refractivity (Wildman–Crippen MR) is 147 cm³/mol. The Kier molecular flexibility index (Phi) is 8.75. The normalized spacial score (nSPS) is 27.8. The minimum Gasteiger partial charge on any atom is -0.379 e. The molecule has 5 rings (SSSR count). The Hall–Kier alpha value is -2.98. The second-order valence-electron chi connectivity index (χ2n) is 11.8. The van der Waals surface area contributed by atoms with E-state index in [1.54, 1.807) is 43.4 Å². The van der Waals surface area contributed by atoms with E-state index in [9.17, 15) is 19.2 Å².